The molecule has 1 atom stereocenters. The summed E-state index contributed by atoms with van der Waals surface area (Å²) >= 11 is 0. The quantitative estimate of drug-likeness (QED) is 0.541. The molecule has 0 fully saturated rings. The van der Waals surface area contributed by atoms with Gasteiger partial charge in [0.1, 0.15) is 29.0 Å². The molecule has 0 amide bonds. The Morgan fingerprint density at radius 1 is 0.967 bits per heavy atom. The molecule has 0 radical (unpaired) electrons. The van der Waals surface area contributed by atoms with Crippen LogP contribution in [0.2, 0.25) is 0 Å². The Labute approximate surface area is 173 Å². The second kappa shape index (κ2) is 7.87. The Morgan fingerprint density at radius 2 is 1.73 bits per heavy atom. The summed E-state index contributed by atoms with van der Waals surface area (Å²) in [6.07, 6.45) is 0. The first kappa shape index (κ1) is 18.2. The van der Waals surface area contributed by atoms with Crippen LogP contribution in [-0.4, -0.2) is 12.3 Å². The first-order valence-corrected chi connectivity index (χ1v) is 9.89. The van der Waals surface area contributed by atoms with E-state index in [0.717, 1.165) is 16.8 Å². The van der Waals surface area contributed by atoms with Crippen molar-refractivity contribution in [3.8, 4) is 5.75 Å². The lowest BCUT2D eigenvalue weighted by atomic mass is 9.93. The largest absolute Gasteiger partial charge is 0.488 e. The van der Waals surface area contributed by atoms with E-state index in [0.29, 0.717) is 35.6 Å². The first-order valence-electron chi connectivity index (χ1n) is 9.89. The summed E-state index contributed by atoms with van der Waals surface area (Å²) in [5.41, 5.74) is 6.28. The van der Waals surface area contributed by atoms with E-state index in [1.54, 1.807) is 12.1 Å². The van der Waals surface area contributed by atoms with Crippen LogP contribution in [0.3, 0.4) is 0 Å². The smallest absolute Gasteiger partial charge is 0.197 e. The zero-order valence-electron chi connectivity index (χ0n) is 16.2. The van der Waals surface area contributed by atoms with Crippen molar-refractivity contribution in [2.24, 2.45) is 5.10 Å². The molecule has 5 rings (SSSR count). The van der Waals surface area contributed by atoms with E-state index in [1.807, 2.05) is 54.6 Å². The second-order valence-corrected chi connectivity index (χ2v) is 7.20. The Morgan fingerprint density at radius 3 is 2.53 bits per heavy atom. The SMILES string of the molecule is O=c1cc(C2=NNC[C@@H]2c2ccccc2)oc2cccc(OCc3ccccc3)c12. The molecule has 2 heterocycles. The minimum Gasteiger partial charge on any atom is -0.488 e. The number of nitrogens with zero attached hydrogens (tertiary/aromatic N) is 1. The van der Waals surface area contributed by atoms with Crippen molar-refractivity contribution in [2.45, 2.75) is 12.5 Å². The van der Waals surface area contributed by atoms with Crippen molar-refractivity contribution in [3.63, 3.8) is 0 Å². The predicted molar refractivity (Wildman–Crippen MR) is 117 cm³/mol. The monoisotopic (exact) mass is 396 g/mol. The zero-order chi connectivity index (χ0) is 20.3. The van der Waals surface area contributed by atoms with Gasteiger partial charge in [0.25, 0.3) is 0 Å². The lowest BCUT2D eigenvalue weighted by Gasteiger charge is -2.13. The lowest BCUT2D eigenvalue weighted by Crippen LogP contribution is -2.16. The fraction of sp³-hybridized carbons (Fsp3) is 0.120. The minimum absolute atomic E-state index is 0.0318. The maximum Gasteiger partial charge on any atom is 0.197 e. The van der Waals surface area contributed by atoms with Crippen LogP contribution < -0.4 is 15.6 Å². The number of hydrogen-bond donors (Lipinski definition) is 1. The third-order valence-electron chi connectivity index (χ3n) is 5.23. The van der Waals surface area contributed by atoms with Gasteiger partial charge in [0.15, 0.2) is 11.2 Å². The van der Waals surface area contributed by atoms with Gasteiger partial charge < -0.3 is 14.6 Å². The normalized spacial score (nSPS) is 15.6. The third-order valence-corrected chi connectivity index (χ3v) is 5.23. The molecular weight excluding hydrogens is 376 g/mol. The number of nitrogens with one attached hydrogen (secondary N) is 1. The minimum atomic E-state index is -0.142. The molecule has 1 N–H and O–H groups in total. The van der Waals surface area contributed by atoms with Crippen LogP contribution in [0.4, 0.5) is 0 Å². The van der Waals surface area contributed by atoms with Gasteiger partial charge in [0.05, 0.1) is 5.92 Å². The van der Waals surface area contributed by atoms with Crippen molar-refractivity contribution in [3.05, 3.63) is 112 Å². The van der Waals surface area contributed by atoms with E-state index in [1.165, 1.54) is 6.07 Å². The number of benzene rings is 3. The molecule has 0 spiro atoms. The number of ether oxygens (including phenoxy) is 1. The van der Waals surface area contributed by atoms with Gasteiger partial charge in [0.2, 0.25) is 0 Å². The zero-order valence-corrected chi connectivity index (χ0v) is 16.2. The van der Waals surface area contributed by atoms with Gasteiger partial charge in [-0.2, -0.15) is 5.10 Å². The highest BCUT2D eigenvalue weighted by Gasteiger charge is 2.27. The van der Waals surface area contributed by atoms with Crippen LogP contribution >= 0.6 is 0 Å². The van der Waals surface area contributed by atoms with E-state index in [-0.39, 0.29) is 11.3 Å². The van der Waals surface area contributed by atoms with Gasteiger partial charge >= 0.3 is 0 Å². The Kier molecular flexibility index (Phi) is 4.77. The van der Waals surface area contributed by atoms with Crippen molar-refractivity contribution in [2.75, 3.05) is 6.54 Å². The summed E-state index contributed by atoms with van der Waals surface area (Å²) in [6, 6.07) is 26.9. The van der Waals surface area contributed by atoms with Crippen molar-refractivity contribution in [1.29, 1.82) is 0 Å². The van der Waals surface area contributed by atoms with E-state index in [2.05, 4.69) is 22.7 Å². The molecule has 0 unspecified atom stereocenters. The molecule has 0 aliphatic carbocycles. The van der Waals surface area contributed by atoms with Crippen LogP contribution in [0, 0.1) is 0 Å². The van der Waals surface area contributed by atoms with Crippen LogP contribution in [0.15, 0.2) is 99.2 Å². The fourth-order valence-corrected chi connectivity index (χ4v) is 3.74. The molecule has 0 bridgehead atoms. The molecule has 3 aromatic carbocycles. The highest BCUT2D eigenvalue weighted by atomic mass is 16.5. The highest BCUT2D eigenvalue weighted by Crippen LogP contribution is 2.28. The van der Waals surface area contributed by atoms with Gasteiger partial charge in [-0.15, -0.1) is 0 Å². The second-order valence-electron chi connectivity index (χ2n) is 7.20. The average Bonchev–Trinajstić information content (AvgIpc) is 3.29. The topological polar surface area (TPSA) is 63.8 Å². The third kappa shape index (κ3) is 3.46. The molecule has 0 saturated heterocycles. The van der Waals surface area contributed by atoms with E-state index in [9.17, 15) is 4.79 Å². The Bertz CT molecular complexity index is 1260. The van der Waals surface area contributed by atoms with E-state index >= 15 is 0 Å². The summed E-state index contributed by atoms with van der Waals surface area (Å²) in [6.45, 7) is 1.05. The molecule has 0 saturated carbocycles. The molecule has 30 heavy (non-hydrogen) atoms. The molecule has 5 nitrogen and oxygen atoms in total. The number of fused-ring (bicyclic) bond motifs is 1. The standard InChI is InChI=1S/C25H20N2O3/c28-20-14-23(25-19(15-26-27-25)18-10-5-2-6-11-18)30-22-13-7-12-21(24(20)22)29-16-17-8-3-1-4-9-17/h1-14,19,26H,15-16H2/t19-/m1/s1. The van der Waals surface area contributed by atoms with Crippen molar-refractivity contribution < 1.29 is 9.15 Å². The molecule has 4 aromatic rings. The Hall–Kier alpha value is -3.86. The summed E-state index contributed by atoms with van der Waals surface area (Å²) in [4.78, 5) is 13.0. The van der Waals surface area contributed by atoms with Crippen LogP contribution in [0.1, 0.15) is 22.8 Å². The van der Waals surface area contributed by atoms with E-state index < -0.39 is 0 Å². The first-order chi connectivity index (χ1) is 14.8. The van der Waals surface area contributed by atoms with Crippen molar-refractivity contribution in [1.82, 2.24) is 5.43 Å². The maximum atomic E-state index is 13.0. The predicted octanol–water partition coefficient (Wildman–Crippen LogP) is 4.46. The van der Waals surface area contributed by atoms with Crippen LogP contribution in [0.5, 0.6) is 5.75 Å². The number of hydrazone groups is 1. The highest BCUT2D eigenvalue weighted by molar-refractivity contribution is 6.05. The number of hydrogen-bond acceptors (Lipinski definition) is 5. The van der Waals surface area contributed by atoms with Gasteiger partial charge in [-0.25, -0.2) is 0 Å². The lowest BCUT2D eigenvalue weighted by molar-refractivity contribution is 0.309. The molecule has 1 aliphatic rings. The van der Waals surface area contributed by atoms with E-state index in [4.69, 9.17) is 9.15 Å². The summed E-state index contributed by atoms with van der Waals surface area (Å²) < 4.78 is 12.1. The average molecular weight is 396 g/mol. The van der Waals surface area contributed by atoms with Crippen molar-refractivity contribution >= 4 is 16.7 Å². The molecule has 1 aromatic heterocycles. The summed E-state index contributed by atoms with van der Waals surface area (Å²) in [7, 11) is 0. The van der Waals surface area contributed by atoms with Gasteiger partial charge in [-0.05, 0) is 23.3 Å². The van der Waals surface area contributed by atoms with Crippen LogP contribution in [0.25, 0.3) is 11.0 Å². The van der Waals surface area contributed by atoms with Gasteiger partial charge in [-0.1, -0.05) is 66.7 Å². The number of rotatable bonds is 5. The summed E-state index contributed by atoms with van der Waals surface area (Å²) in [5, 5.41) is 4.86. The molecular formula is C25H20N2O3. The molecule has 1 aliphatic heterocycles. The summed E-state index contributed by atoms with van der Waals surface area (Å²) in [5.74, 6) is 1.03. The molecule has 5 heteroatoms. The Balaban J connectivity index is 1.50. The van der Waals surface area contributed by atoms with Crippen LogP contribution in [-0.2, 0) is 6.61 Å². The maximum absolute atomic E-state index is 13.0. The van der Waals surface area contributed by atoms with Gasteiger partial charge in [-0.3, -0.25) is 4.79 Å². The fourth-order valence-electron chi connectivity index (χ4n) is 3.74. The van der Waals surface area contributed by atoms with Gasteiger partial charge in [0, 0.05) is 12.6 Å². The molecule has 148 valence electrons.